The minimum atomic E-state index is -0.555. The molecule has 0 radical (unpaired) electrons. The predicted octanol–water partition coefficient (Wildman–Crippen LogP) is 3.57. The summed E-state index contributed by atoms with van der Waals surface area (Å²) in [7, 11) is 0. The zero-order chi connectivity index (χ0) is 16.1. The number of aryl methyl sites for hydroxylation is 1. The van der Waals surface area contributed by atoms with Crippen molar-refractivity contribution in [1.29, 1.82) is 0 Å². The molecular weight excluding hydrogens is 308 g/mol. The lowest BCUT2D eigenvalue weighted by atomic mass is 10.2. The Morgan fingerprint density at radius 1 is 1.32 bits per heavy atom. The van der Waals surface area contributed by atoms with Crippen LogP contribution >= 0.6 is 11.6 Å². The van der Waals surface area contributed by atoms with Gasteiger partial charge in [-0.25, -0.2) is 0 Å². The van der Waals surface area contributed by atoms with Crippen LogP contribution in [-0.4, -0.2) is 17.4 Å². The normalized spacial score (nSPS) is 10.1. The van der Waals surface area contributed by atoms with Gasteiger partial charge in [-0.2, -0.15) is 0 Å². The van der Waals surface area contributed by atoms with Gasteiger partial charge in [-0.15, -0.1) is 0 Å². The number of para-hydroxylation sites is 1. The van der Waals surface area contributed by atoms with Gasteiger partial charge in [-0.3, -0.25) is 14.9 Å². The lowest BCUT2D eigenvalue weighted by molar-refractivity contribution is -0.385. The Labute approximate surface area is 131 Å². The number of rotatable bonds is 5. The monoisotopic (exact) mass is 320 g/mol. The number of anilines is 1. The smallest absolute Gasteiger partial charge is 0.310 e. The van der Waals surface area contributed by atoms with Gasteiger partial charge in [0.25, 0.3) is 5.91 Å². The number of nitro benzene ring substituents is 1. The van der Waals surface area contributed by atoms with Crippen molar-refractivity contribution in [2.24, 2.45) is 0 Å². The largest absolute Gasteiger partial charge is 0.477 e. The van der Waals surface area contributed by atoms with E-state index in [1.165, 1.54) is 12.1 Å². The number of nitro groups is 1. The summed E-state index contributed by atoms with van der Waals surface area (Å²) < 4.78 is 5.26. The third kappa shape index (κ3) is 3.95. The van der Waals surface area contributed by atoms with Gasteiger partial charge < -0.3 is 10.1 Å². The number of benzene rings is 2. The molecule has 0 aliphatic rings. The molecule has 0 fully saturated rings. The maximum absolute atomic E-state index is 11.8. The molecule has 0 unspecified atom stereocenters. The number of carbonyl (C=O) groups excluding carboxylic acids is 1. The molecule has 2 aromatic rings. The minimum absolute atomic E-state index is 0.0549. The van der Waals surface area contributed by atoms with Crippen LogP contribution in [0.5, 0.6) is 5.75 Å². The third-order valence-corrected chi connectivity index (χ3v) is 3.15. The first-order valence-corrected chi connectivity index (χ1v) is 6.77. The number of carbonyl (C=O) groups is 1. The number of amides is 1. The van der Waals surface area contributed by atoms with E-state index in [-0.39, 0.29) is 18.0 Å². The van der Waals surface area contributed by atoms with Gasteiger partial charge in [-0.1, -0.05) is 29.8 Å². The molecule has 114 valence electrons. The number of nitrogens with one attached hydrogen (secondary N) is 1. The Morgan fingerprint density at radius 2 is 2.05 bits per heavy atom. The number of nitrogens with zero attached hydrogens (tertiary/aromatic N) is 1. The van der Waals surface area contributed by atoms with E-state index >= 15 is 0 Å². The molecule has 1 N–H and O–H groups in total. The van der Waals surface area contributed by atoms with E-state index in [4.69, 9.17) is 16.3 Å². The number of halogens is 1. The fourth-order valence-corrected chi connectivity index (χ4v) is 1.96. The van der Waals surface area contributed by atoms with E-state index in [9.17, 15) is 14.9 Å². The highest BCUT2D eigenvalue weighted by atomic mass is 35.5. The highest BCUT2D eigenvalue weighted by Crippen LogP contribution is 2.27. The maximum atomic E-state index is 11.8. The highest BCUT2D eigenvalue weighted by Gasteiger charge is 2.16. The van der Waals surface area contributed by atoms with Gasteiger partial charge in [0.1, 0.15) is 0 Å². The zero-order valence-corrected chi connectivity index (χ0v) is 12.5. The van der Waals surface area contributed by atoms with Crippen LogP contribution in [0, 0.1) is 17.0 Å². The molecule has 1 amide bonds. The van der Waals surface area contributed by atoms with Gasteiger partial charge >= 0.3 is 5.69 Å². The van der Waals surface area contributed by atoms with Crippen LogP contribution in [0.25, 0.3) is 0 Å². The Kier molecular flexibility index (Phi) is 4.95. The molecular formula is C15H13ClN2O4. The number of hydrogen-bond donors (Lipinski definition) is 1. The Morgan fingerprint density at radius 3 is 2.73 bits per heavy atom. The number of ether oxygens (including phenoxy) is 1. The fraction of sp³-hybridized carbons (Fsp3) is 0.133. The summed E-state index contributed by atoms with van der Waals surface area (Å²) in [5.41, 5.74) is 1.07. The van der Waals surface area contributed by atoms with Crippen LogP contribution in [0.1, 0.15) is 5.56 Å². The minimum Gasteiger partial charge on any atom is -0.477 e. The topological polar surface area (TPSA) is 81.5 Å². The lowest BCUT2D eigenvalue weighted by Crippen LogP contribution is -2.20. The second kappa shape index (κ2) is 6.91. The van der Waals surface area contributed by atoms with Crippen LogP contribution in [0.15, 0.2) is 42.5 Å². The van der Waals surface area contributed by atoms with E-state index in [0.29, 0.717) is 10.7 Å². The molecule has 0 aliphatic heterocycles. The van der Waals surface area contributed by atoms with Crippen LogP contribution < -0.4 is 10.1 Å². The van der Waals surface area contributed by atoms with Crippen molar-refractivity contribution in [3.8, 4) is 5.75 Å². The molecule has 0 bridgehead atoms. The Hall–Kier alpha value is -2.60. The van der Waals surface area contributed by atoms with Gasteiger partial charge in [0.05, 0.1) is 15.6 Å². The number of hydrogen-bond acceptors (Lipinski definition) is 4. The Bertz CT molecular complexity index is 718. The summed E-state index contributed by atoms with van der Waals surface area (Å²) in [6, 6.07) is 11.2. The van der Waals surface area contributed by atoms with Crippen molar-refractivity contribution < 1.29 is 14.5 Å². The molecule has 2 rings (SSSR count). The molecule has 22 heavy (non-hydrogen) atoms. The SMILES string of the molecule is Cc1ccc([N+](=O)[O-])c(OCC(=O)Nc2ccccc2Cl)c1. The van der Waals surface area contributed by atoms with Gasteiger partial charge in [0.15, 0.2) is 12.4 Å². The molecule has 0 aliphatic carbocycles. The molecule has 0 spiro atoms. The predicted molar refractivity (Wildman–Crippen MR) is 83.4 cm³/mol. The van der Waals surface area contributed by atoms with E-state index in [2.05, 4.69) is 5.32 Å². The molecule has 0 aromatic heterocycles. The first kappa shape index (κ1) is 15.8. The second-order valence-corrected chi connectivity index (χ2v) is 4.95. The summed E-state index contributed by atoms with van der Waals surface area (Å²) in [4.78, 5) is 22.2. The van der Waals surface area contributed by atoms with Crippen molar-refractivity contribution >= 4 is 28.9 Å². The van der Waals surface area contributed by atoms with Gasteiger partial charge in [0.2, 0.25) is 0 Å². The summed E-state index contributed by atoms with van der Waals surface area (Å²) >= 11 is 5.93. The van der Waals surface area contributed by atoms with Crippen molar-refractivity contribution in [1.82, 2.24) is 0 Å². The summed E-state index contributed by atoms with van der Waals surface area (Å²) in [5, 5.41) is 13.9. The maximum Gasteiger partial charge on any atom is 0.310 e. The highest BCUT2D eigenvalue weighted by molar-refractivity contribution is 6.33. The van der Waals surface area contributed by atoms with Crippen molar-refractivity contribution in [2.45, 2.75) is 6.92 Å². The average molecular weight is 321 g/mol. The zero-order valence-electron chi connectivity index (χ0n) is 11.7. The summed E-state index contributed by atoms with van der Waals surface area (Å²) in [6.45, 7) is 1.43. The Balaban J connectivity index is 2.04. The molecule has 0 saturated heterocycles. The standard InChI is InChI=1S/C15H13ClN2O4/c1-10-6-7-13(18(20)21)14(8-10)22-9-15(19)17-12-5-3-2-4-11(12)16/h2-8H,9H2,1H3,(H,17,19). The van der Waals surface area contributed by atoms with E-state index in [1.807, 2.05) is 0 Å². The second-order valence-electron chi connectivity index (χ2n) is 4.54. The van der Waals surface area contributed by atoms with Crippen molar-refractivity contribution in [2.75, 3.05) is 11.9 Å². The van der Waals surface area contributed by atoms with Crippen LogP contribution in [0.4, 0.5) is 11.4 Å². The van der Waals surface area contributed by atoms with Crippen LogP contribution in [0.3, 0.4) is 0 Å². The molecule has 7 heteroatoms. The van der Waals surface area contributed by atoms with Crippen molar-refractivity contribution in [3.05, 3.63) is 63.2 Å². The lowest BCUT2D eigenvalue weighted by Gasteiger charge is -2.09. The van der Waals surface area contributed by atoms with E-state index in [0.717, 1.165) is 5.56 Å². The average Bonchev–Trinajstić information content (AvgIpc) is 2.47. The molecule has 0 heterocycles. The molecule has 0 atom stereocenters. The van der Waals surface area contributed by atoms with E-state index < -0.39 is 10.8 Å². The molecule has 6 nitrogen and oxygen atoms in total. The van der Waals surface area contributed by atoms with Gasteiger partial charge in [-0.05, 0) is 30.7 Å². The first-order chi connectivity index (χ1) is 10.5. The van der Waals surface area contributed by atoms with E-state index in [1.54, 1.807) is 37.3 Å². The van der Waals surface area contributed by atoms with Crippen LogP contribution in [-0.2, 0) is 4.79 Å². The van der Waals surface area contributed by atoms with Crippen LogP contribution in [0.2, 0.25) is 5.02 Å². The van der Waals surface area contributed by atoms with Crippen molar-refractivity contribution in [3.63, 3.8) is 0 Å². The molecule has 0 saturated carbocycles. The molecule has 2 aromatic carbocycles. The summed E-state index contributed by atoms with van der Waals surface area (Å²) in [5.74, 6) is -0.400. The quantitative estimate of drug-likeness (QED) is 0.674. The first-order valence-electron chi connectivity index (χ1n) is 6.39. The third-order valence-electron chi connectivity index (χ3n) is 2.82. The summed E-state index contributed by atoms with van der Waals surface area (Å²) in [6.07, 6.45) is 0. The van der Waals surface area contributed by atoms with Gasteiger partial charge in [0, 0.05) is 6.07 Å². The fourth-order valence-electron chi connectivity index (χ4n) is 1.78.